The molecule has 20 heavy (non-hydrogen) atoms. The first-order valence-corrected chi connectivity index (χ1v) is 6.50. The second kappa shape index (κ2) is 6.23. The summed E-state index contributed by atoms with van der Waals surface area (Å²) in [7, 11) is 1.58. The number of rotatable bonds is 4. The zero-order valence-corrected chi connectivity index (χ0v) is 11.6. The lowest BCUT2D eigenvalue weighted by molar-refractivity contribution is -0.139. The molecule has 0 aliphatic carbocycles. The van der Waals surface area contributed by atoms with Crippen LogP contribution >= 0.6 is 0 Å². The minimum absolute atomic E-state index is 0.246. The molecule has 0 spiro atoms. The number of amides is 1. The van der Waals surface area contributed by atoms with Crippen molar-refractivity contribution in [3.63, 3.8) is 0 Å². The van der Waals surface area contributed by atoms with Crippen molar-refractivity contribution in [1.29, 1.82) is 0 Å². The van der Waals surface area contributed by atoms with Gasteiger partial charge < -0.3 is 14.8 Å². The molecule has 0 atom stereocenters. The number of carbonyl (C=O) groups excluding carboxylic acids is 2. The first kappa shape index (κ1) is 14.1. The molecule has 2 rings (SSSR count). The van der Waals surface area contributed by atoms with Crippen LogP contribution in [0.3, 0.4) is 0 Å². The lowest BCUT2D eigenvalue weighted by Crippen LogP contribution is -2.33. The Morgan fingerprint density at radius 1 is 1.30 bits per heavy atom. The van der Waals surface area contributed by atoms with Gasteiger partial charge in [0.2, 0.25) is 0 Å². The van der Waals surface area contributed by atoms with Crippen molar-refractivity contribution in [3.05, 3.63) is 35.4 Å². The van der Waals surface area contributed by atoms with Gasteiger partial charge in [-0.15, -0.1) is 0 Å². The van der Waals surface area contributed by atoms with Crippen LogP contribution in [0.4, 0.5) is 0 Å². The summed E-state index contributed by atoms with van der Waals surface area (Å²) >= 11 is 0. The van der Waals surface area contributed by atoms with E-state index in [-0.39, 0.29) is 5.91 Å². The number of nitrogens with one attached hydrogen (secondary N) is 1. The molecule has 1 aliphatic rings. The summed E-state index contributed by atoms with van der Waals surface area (Å²) in [6, 6.07) is 7.04. The van der Waals surface area contributed by atoms with Crippen molar-refractivity contribution < 1.29 is 19.1 Å². The van der Waals surface area contributed by atoms with E-state index >= 15 is 0 Å². The summed E-state index contributed by atoms with van der Waals surface area (Å²) in [5.74, 6) is 0.0286. The van der Waals surface area contributed by atoms with Crippen molar-refractivity contribution in [2.24, 2.45) is 0 Å². The third kappa shape index (κ3) is 2.82. The summed E-state index contributed by atoms with van der Waals surface area (Å²) < 4.78 is 10.1. The van der Waals surface area contributed by atoms with Gasteiger partial charge in [0.25, 0.3) is 5.91 Å². The molecule has 0 bridgehead atoms. The standard InChI is InChI=1S/C15H17NO4/c1-3-20-15(18)12-8-9-16-14(17)13(12)10-4-6-11(19-2)7-5-10/h4-7H,3,8-9H2,1-2H3,(H,16,17). The topological polar surface area (TPSA) is 64.6 Å². The normalized spacial score (nSPS) is 14.8. The molecule has 0 fully saturated rings. The van der Waals surface area contributed by atoms with Crippen LogP contribution in [0.1, 0.15) is 18.9 Å². The average Bonchev–Trinajstić information content (AvgIpc) is 2.47. The molecule has 0 aromatic heterocycles. The number of ether oxygens (including phenoxy) is 2. The van der Waals surface area contributed by atoms with Crippen molar-refractivity contribution in [3.8, 4) is 5.75 Å². The minimum atomic E-state index is -0.423. The number of hydrogen-bond acceptors (Lipinski definition) is 4. The fraction of sp³-hybridized carbons (Fsp3) is 0.333. The molecule has 5 heteroatoms. The van der Waals surface area contributed by atoms with E-state index in [1.165, 1.54) is 0 Å². The van der Waals surface area contributed by atoms with Crippen molar-refractivity contribution in [2.75, 3.05) is 20.3 Å². The first-order valence-electron chi connectivity index (χ1n) is 6.50. The Bertz CT molecular complexity index is 545. The van der Waals surface area contributed by atoms with Crippen LogP contribution in [-0.2, 0) is 14.3 Å². The van der Waals surface area contributed by atoms with E-state index < -0.39 is 5.97 Å². The molecular weight excluding hydrogens is 258 g/mol. The highest BCUT2D eigenvalue weighted by atomic mass is 16.5. The highest BCUT2D eigenvalue weighted by molar-refractivity contribution is 6.25. The molecule has 1 heterocycles. The van der Waals surface area contributed by atoms with Gasteiger partial charge in [0, 0.05) is 6.54 Å². The maximum Gasteiger partial charge on any atom is 0.334 e. The molecule has 0 saturated carbocycles. The number of esters is 1. The van der Waals surface area contributed by atoms with Crippen LogP contribution in [0.5, 0.6) is 5.75 Å². The van der Waals surface area contributed by atoms with Gasteiger partial charge in [0.05, 0.1) is 24.9 Å². The lowest BCUT2D eigenvalue weighted by Gasteiger charge is -2.19. The maximum atomic E-state index is 12.1. The highest BCUT2D eigenvalue weighted by Gasteiger charge is 2.26. The van der Waals surface area contributed by atoms with Crippen LogP contribution in [0, 0.1) is 0 Å². The summed E-state index contributed by atoms with van der Waals surface area (Å²) in [6.07, 6.45) is 0.478. The molecule has 0 saturated heterocycles. The van der Waals surface area contributed by atoms with Crippen LogP contribution < -0.4 is 10.1 Å². The van der Waals surface area contributed by atoms with Crippen molar-refractivity contribution >= 4 is 17.4 Å². The molecule has 106 valence electrons. The van der Waals surface area contributed by atoms with Gasteiger partial charge in [-0.05, 0) is 31.0 Å². The van der Waals surface area contributed by atoms with E-state index in [1.54, 1.807) is 38.3 Å². The molecule has 0 unspecified atom stereocenters. The van der Waals surface area contributed by atoms with E-state index in [0.717, 1.165) is 0 Å². The number of benzene rings is 1. The van der Waals surface area contributed by atoms with E-state index in [9.17, 15) is 9.59 Å². The number of methoxy groups -OCH3 is 1. The second-order valence-corrected chi connectivity index (χ2v) is 4.31. The van der Waals surface area contributed by atoms with E-state index in [0.29, 0.717) is 42.0 Å². The summed E-state index contributed by atoms with van der Waals surface area (Å²) in [4.78, 5) is 24.0. The van der Waals surface area contributed by atoms with E-state index in [4.69, 9.17) is 9.47 Å². The molecule has 1 aromatic carbocycles. The Hall–Kier alpha value is -2.30. The van der Waals surface area contributed by atoms with Gasteiger partial charge in [-0.1, -0.05) is 12.1 Å². The van der Waals surface area contributed by atoms with Gasteiger partial charge in [-0.2, -0.15) is 0 Å². The average molecular weight is 275 g/mol. The van der Waals surface area contributed by atoms with Gasteiger partial charge in [-0.25, -0.2) is 4.79 Å². The maximum absolute atomic E-state index is 12.1. The largest absolute Gasteiger partial charge is 0.497 e. The van der Waals surface area contributed by atoms with Crippen molar-refractivity contribution in [2.45, 2.75) is 13.3 Å². The SMILES string of the molecule is CCOC(=O)C1=C(c2ccc(OC)cc2)C(=O)NCC1. The van der Waals surface area contributed by atoms with Gasteiger partial charge in [0.15, 0.2) is 0 Å². The molecule has 1 N–H and O–H groups in total. The lowest BCUT2D eigenvalue weighted by atomic mass is 9.94. The molecule has 1 amide bonds. The highest BCUT2D eigenvalue weighted by Crippen LogP contribution is 2.26. The Labute approximate surface area is 117 Å². The number of carbonyl (C=O) groups is 2. The molecule has 0 radical (unpaired) electrons. The predicted octanol–water partition coefficient (Wildman–Crippen LogP) is 1.53. The fourth-order valence-electron chi connectivity index (χ4n) is 2.14. The predicted molar refractivity (Wildman–Crippen MR) is 74.2 cm³/mol. The zero-order chi connectivity index (χ0) is 14.5. The van der Waals surface area contributed by atoms with E-state index in [2.05, 4.69) is 5.32 Å². The second-order valence-electron chi connectivity index (χ2n) is 4.31. The Balaban J connectivity index is 2.44. The van der Waals surface area contributed by atoms with Gasteiger partial charge in [0.1, 0.15) is 5.75 Å². The monoisotopic (exact) mass is 275 g/mol. The van der Waals surface area contributed by atoms with Crippen LogP contribution in [0.25, 0.3) is 5.57 Å². The quantitative estimate of drug-likeness (QED) is 0.846. The number of hydrogen-bond donors (Lipinski definition) is 1. The van der Waals surface area contributed by atoms with Crippen LogP contribution in [-0.4, -0.2) is 32.1 Å². The summed E-state index contributed by atoms with van der Waals surface area (Å²) in [6.45, 7) is 2.49. The minimum Gasteiger partial charge on any atom is -0.497 e. The first-order chi connectivity index (χ1) is 9.67. The van der Waals surface area contributed by atoms with Crippen LogP contribution in [0.2, 0.25) is 0 Å². The molecule has 1 aliphatic heterocycles. The van der Waals surface area contributed by atoms with Gasteiger partial charge >= 0.3 is 5.97 Å². The Kier molecular flexibility index (Phi) is 4.40. The Morgan fingerprint density at radius 3 is 2.60 bits per heavy atom. The fourth-order valence-corrected chi connectivity index (χ4v) is 2.14. The molecular formula is C15H17NO4. The summed E-state index contributed by atoms with van der Waals surface area (Å²) in [5, 5.41) is 2.75. The van der Waals surface area contributed by atoms with Crippen molar-refractivity contribution in [1.82, 2.24) is 5.32 Å². The molecule has 1 aromatic rings. The smallest absolute Gasteiger partial charge is 0.334 e. The third-order valence-electron chi connectivity index (χ3n) is 3.09. The Morgan fingerprint density at radius 2 is 2.00 bits per heavy atom. The summed E-state index contributed by atoms with van der Waals surface area (Å²) in [5.41, 5.74) is 1.50. The molecule has 5 nitrogen and oxygen atoms in total. The van der Waals surface area contributed by atoms with Gasteiger partial charge in [-0.3, -0.25) is 4.79 Å². The van der Waals surface area contributed by atoms with E-state index in [1.807, 2.05) is 0 Å². The zero-order valence-electron chi connectivity index (χ0n) is 11.6. The van der Waals surface area contributed by atoms with Crippen LogP contribution in [0.15, 0.2) is 29.8 Å². The third-order valence-corrected chi connectivity index (χ3v) is 3.09.